The fourth-order valence-corrected chi connectivity index (χ4v) is 3.75. The van der Waals surface area contributed by atoms with Crippen LogP contribution in [0.2, 0.25) is 0 Å². The lowest BCUT2D eigenvalue weighted by Gasteiger charge is -2.14. The monoisotopic (exact) mass is 290 g/mol. The summed E-state index contributed by atoms with van der Waals surface area (Å²) in [5, 5.41) is 3.33. The van der Waals surface area contributed by atoms with E-state index in [1.165, 1.54) is 48.1 Å². The summed E-state index contributed by atoms with van der Waals surface area (Å²) in [6.45, 7) is 0. The van der Waals surface area contributed by atoms with Crippen LogP contribution in [0.1, 0.15) is 36.8 Å². The van der Waals surface area contributed by atoms with Gasteiger partial charge in [0.15, 0.2) is 0 Å². The van der Waals surface area contributed by atoms with Gasteiger partial charge in [-0.2, -0.15) is 0 Å². The zero-order chi connectivity index (χ0) is 13.9. The molecule has 0 aromatic heterocycles. The molecule has 4 heteroatoms. The Bertz CT molecular complexity index is 499. The summed E-state index contributed by atoms with van der Waals surface area (Å²) in [7, 11) is 0. The van der Waals surface area contributed by atoms with Crippen LogP contribution in [0.3, 0.4) is 0 Å². The molecule has 1 atom stereocenters. The Hall–Kier alpha value is -1.00. The van der Waals surface area contributed by atoms with Gasteiger partial charge in [0.05, 0.1) is 6.04 Å². The normalized spacial score (nSPS) is 18.8. The van der Waals surface area contributed by atoms with Gasteiger partial charge in [0.2, 0.25) is 5.91 Å². The van der Waals surface area contributed by atoms with E-state index in [4.69, 9.17) is 5.73 Å². The van der Waals surface area contributed by atoms with Crippen LogP contribution in [0.5, 0.6) is 0 Å². The molecule has 0 heterocycles. The van der Waals surface area contributed by atoms with E-state index in [1.54, 1.807) is 0 Å². The second-order valence-electron chi connectivity index (χ2n) is 5.82. The smallest absolute Gasteiger partial charge is 0.234 e. The third kappa shape index (κ3) is 3.55. The number of aryl methyl sites for hydroxylation is 2. The number of rotatable bonds is 7. The van der Waals surface area contributed by atoms with Crippen LogP contribution < -0.4 is 11.1 Å². The van der Waals surface area contributed by atoms with E-state index >= 15 is 0 Å². The minimum absolute atomic E-state index is 0.163. The van der Waals surface area contributed by atoms with E-state index in [0.29, 0.717) is 6.04 Å². The van der Waals surface area contributed by atoms with Crippen molar-refractivity contribution in [3.8, 4) is 0 Å². The van der Waals surface area contributed by atoms with Crippen LogP contribution in [0.4, 0.5) is 0 Å². The Kier molecular flexibility index (Phi) is 4.32. The number of fused-ring (bicyclic) bond motifs is 1. The quantitative estimate of drug-likeness (QED) is 0.757. The van der Waals surface area contributed by atoms with E-state index in [0.717, 1.165) is 12.2 Å². The molecule has 1 amide bonds. The first kappa shape index (κ1) is 14.0. The van der Waals surface area contributed by atoms with Crippen molar-refractivity contribution in [3.63, 3.8) is 0 Å². The van der Waals surface area contributed by atoms with Gasteiger partial charge in [-0.25, -0.2) is 0 Å². The molecule has 2 aliphatic carbocycles. The van der Waals surface area contributed by atoms with Crippen LogP contribution in [0, 0.1) is 0 Å². The van der Waals surface area contributed by atoms with Gasteiger partial charge in [-0.1, -0.05) is 6.07 Å². The van der Waals surface area contributed by atoms with Crippen molar-refractivity contribution in [2.24, 2.45) is 5.73 Å². The maximum Gasteiger partial charge on any atom is 0.234 e. The Morgan fingerprint density at radius 2 is 2.15 bits per heavy atom. The van der Waals surface area contributed by atoms with Crippen LogP contribution in [0.15, 0.2) is 23.1 Å². The highest BCUT2D eigenvalue weighted by atomic mass is 32.2. The molecule has 0 radical (unpaired) electrons. The minimum Gasteiger partial charge on any atom is -0.368 e. The molecule has 0 spiro atoms. The Morgan fingerprint density at radius 1 is 1.35 bits per heavy atom. The number of carbonyl (C=O) groups is 1. The first-order chi connectivity index (χ1) is 9.72. The molecule has 0 aliphatic heterocycles. The highest BCUT2D eigenvalue weighted by Gasteiger charge is 2.26. The number of nitrogens with two attached hydrogens (primary N) is 1. The van der Waals surface area contributed by atoms with Crippen LogP contribution in [-0.4, -0.2) is 23.7 Å². The van der Waals surface area contributed by atoms with E-state index < -0.39 is 0 Å². The molecule has 2 aliphatic rings. The molecule has 108 valence electrons. The third-order valence-electron chi connectivity index (χ3n) is 4.10. The Balaban J connectivity index is 1.49. The average molecular weight is 290 g/mol. The SMILES string of the molecule is NC(=O)C(CCSc1ccc2c(c1)CCC2)NC1CC1. The van der Waals surface area contributed by atoms with Crippen molar-refractivity contribution in [1.82, 2.24) is 5.32 Å². The number of amides is 1. The molecular weight excluding hydrogens is 268 g/mol. The lowest BCUT2D eigenvalue weighted by atomic mass is 10.1. The summed E-state index contributed by atoms with van der Waals surface area (Å²) in [5.74, 6) is 0.720. The van der Waals surface area contributed by atoms with Crippen molar-refractivity contribution in [3.05, 3.63) is 29.3 Å². The van der Waals surface area contributed by atoms with Gasteiger partial charge in [0, 0.05) is 10.9 Å². The first-order valence-corrected chi connectivity index (χ1v) is 8.51. The highest BCUT2D eigenvalue weighted by Crippen LogP contribution is 2.28. The molecule has 1 fully saturated rings. The molecule has 3 nitrogen and oxygen atoms in total. The fourth-order valence-electron chi connectivity index (χ4n) is 2.77. The molecular formula is C16H22N2OS. The number of thioether (sulfide) groups is 1. The predicted molar refractivity (Wildman–Crippen MR) is 82.9 cm³/mol. The van der Waals surface area contributed by atoms with Crippen molar-refractivity contribution in [2.75, 3.05) is 5.75 Å². The van der Waals surface area contributed by atoms with Crippen molar-refractivity contribution < 1.29 is 4.79 Å². The lowest BCUT2D eigenvalue weighted by molar-refractivity contribution is -0.120. The van der Waals surface area contributed by atoms with Crippen LogP contribution in [0.25, 0.3) is 0 Å². The highest BCUT2D eigenvalue weighted by molar-refractivity contribution is 7.99. The number of nitrogens with one attached hydrogen (secondary N) is 1. The molecule has 1 unspecified atom stereocenters. The lowest BCUT2D eigenvalue weighted by Crippen LogP contribution is -2.42. The van der Waals surface area contributed by atoms with Gasteiger partial charge < -0.3 is 11.1 Å². The zero-order valence-corrected chi connectivity index (χ0v) is 12.5. The summed E-state index contributed by atoms with van der Waals surface area (Å²) in [5.41, 5.74) is 8.48. The number of hydrogen-bond donors (Lipinski definition) is 2. The molecule has 3 N–H and O–H groups in total. The van der Waals surface area contributed by atoms with Crippen molar-refractivity contribution >= 4 is 17.7 Å². The summed E-state index contributed by atoms with van der Waals surface area (Å²) in [4.78, 5) is 12.7. The molecule has 1 saturated carbocycles. The summed E-state index contributed by atoms with van der Waals surface area (Å²) < 4.78 is 0. The van der Waals surface area contributed by atoms with E-state index in [9.17, 15) is 4.79 Å². The Labute approximate surface area is 124 Å². The van der Waals surface area contributed by atoms with Crippen molar-refractivity contribution in [1.29, 1.82) is 0 Å². The van der Waals surface area contributed by atoms with E-state index in [1.807, 2.05) is 11.8 Å². The van der Waals surface area contributed by atoms with Crippen LogP contribution >= 0.6 is 11.8 Å². The van der Waals surface area contributed by atoms with Crippen molar-refractivity contribution in [2.45, 2.75) is 55.5 Å². The van der Waals surface area contributed by atoms with Gasteiger partial charge in [-0.3, -0.25) is 4.79 Å². The van der Waals surface area contributed by atoms with Gasteiger partial charge >= 0.3 is 0 Å². The fraction of sp³-hybridized carbons (Fsp3) is 0.562. The third-order valence-corrected chi connectivity index (χ3v) is 5.13. The average Bonchev–Trinajstić information content (AvgIpc) is 3.12. The second kappa shape index (κ2) is 6.19. The molecule has 1 aromatic rings. The van der Waals surface area contributed by atoms with Gasteiger partial charge in [-0.05, 0) is 67.5 Å². The molecule has 3 rings (SSSR count). The largest absolute Gasteiger partial charge is 0.368 e. The number of benzene rings is 1. The minimum atomic E-state index is -0.216. The van der Waals surface area contributed by atoms with E-state index in [-0.39, 0.29) is 11.9 Å². The standard InChI is InChI=1S/C16H22N2OS/c17-16(19)15(18-13-5-6-13)8-9-20-14-7-4-11-2-1-3-12(11)10-14/h4,7,10,13,15,18H,1-3,5-6,8-9H2,(H2,17,19). The molecule has 20 heavy (non-hydrogen) atoms. The van der Waals surface area contributed by atoms with Gasteiger partial charge in [0.1, 0.15) is 0 Å². The maximum absolute atomic E-state index is 11.4. The topological polar surface area (TPSA) is 55.1 Å². The second-order valence-corrected chi connectivity index (χ2v) is 6.99. The molecule has 1 aromatic carbocycles. The summed E-state index contributed by atoms with van der Waals surface area (Å²) >= 11 is 1.83. The van der Waals surface area contributed by atoms with Gasteiger partial charge in [0.25, 0.3) is 0 Å². The maximum atomic E-state index is 11.4. The number of hydrogen-bond acceptors (Lipinski definition) is 3. The number of primary amides is 1. The predicted octanol–water partition coefficient (Wildman–Crippen LogP) is 2.26. The summed E-state index contributed by atoms with van der Waals surface area (Å²) in [6, 6.07) is 7.16. The first-order valence-electron chi connectivity index (χ1n) is 7.52. The Morgan fingerprint density at radius 3 is 2.90 bits per heavy atom. The van der Waals surface area contributed by atoms with Gasteiger partial charge in [-0.15, -0.1) is 11.8 Å². The zero-order valence-electron chi connectivity index (χ0n) is 11.7. The van der Waals surface area contributed by atoms with Crippen LogP contribution in [-0.2, 0) is 17.6 Å². The summed E-state index contributed by atoms with van der Waals surface area (Å²) in [6.07, 6.45) is 6.92. The molecule has 0 saturated heterocycles. The number of carbonyl (C=O) groups excluding carboxylic acids is 1. The molecule has 0 bridgehead atoms. The van der Waals surface area contributed by atoms with E-state index in [2.05, 4.69) is 23.5 Å².